The van der Waals surface area contributed by atoms with Crippen molar-refractivity contribution in [3.63, 3.8) is 0 Å². The summed E-state index contributed by atoms with van der Waals surface area (Å²) in [7, 11) is 0. The summed E-state index contributed by atoms with van der Waals surface area (Å²) in [5.41, 5.74) is 3.60. The number of carbonyl (C=O) groups is 1. The number of benzene rings is 2. The molecule has 160 valence electrons. The number of para-hydroxylation sites is 1. The van der Waals surface area contributed by atoms with Gasteiger partial charge in [0.15, 0.2) is 0 Å². The molecule has 5 heteroatoms. The van der Waals surface area contributed by atoms with Crippen LogP contribution >= 0.6 is 0 Å². The van der Waals surface area contributed by atoms with Crippen LogP contribution in [0.5, 0.6) is 0 Å². The molecule has 0 spiro atoms. The Morgan fingerprint density at radius 1 is 0.935 bits per heavy atom. The number of aromatic amines is 1. The number of allylic oxidation sites excluding steroid dienone is 2. The van der Waals surface area contributed by atoms with Crippen molar-refractivity contribution >= 4 is 28.2 Å². The Hall–Kier alpha value is -3.34. The zero-order valence-corrected chi connectivity index (χ0v) is 17.7. The standard InChI is InChI=1S/C26H29N3O2/c30-25-21-12-8-9-13-23(21)28-18-22(25)26(31)29-20-15-14-19-11-7-5-3-1-2-4-6-10-16-27-24(19)17-20/h1-2,8-9,12-15,17-18,27H,3-7,10-11,16H2,(H,28,30)(H,29,31)/b2-1-. The summed E-state index contributed by atoms with van der Waals surface area (Å²) in [6.07, 6.45) is 14.0. The zero-order chi connectivity index (χ0) is 21.5. The second-order valence-corrected chi connectivity index (χ2v) is 8.04. The molecule has 3 aromatic rings. The minimum Gasteiger partial charge on any atom is -0.385 e. The minimum absolute atomic E-state index is 0.114. The number of aryl methyl sites for hydroxylation is 1. The molecule has 0 saturated heterocycles. The summed E-state index contributed by atoms with van der Waals surface area (Å²) in [5, 5.41) is 6.96. The fourth-order valence-corrected chi connectivity index (χ4v) is 3.99. The summed E-state index contributed by atoms with van der Waals surface area (Å²) in [4.78, 5) is 28.6. The Morgan fingerprint density at radius 2 is 1.74 bits per heavy atom. The van der Waals surface area contributed by atoms with E-state index in [1.807, 2.05) is 24.3 Å². The van der Waals surface area contributed by atoms with E-state index < -0.39 is 5.91 Å². The van der Waals surface area contributed by atoms with E-state index in [1.165, 1.54) is 24.6 Å². The first kappa shape index (κ1) is 20.9. The van der Waals surface area contributed by atoms with E-state index in [0.29, 0.717) is 11.1 Å². The monoisotopic (exact) mass is 415 g/mol. The van der Waals surface area contributed by atoms with Gasteiger partial charge in [-0.15, -0.1) is 0 Å². The van der Waals surface area contributed by atoms with Gasteiger partial charge in [-0.25, -0.2) is 0 Å². The van der Waals surface area contributed by atoms with Gasteiger partial charge in [-0.05, 0) is 74.8 Å². The summed E-state index contributed by atoms with van der Waals surface area (Å²) in [5.74, 6) is -0.400. The van der Waals surface area contributed by atoms with Crippen molar-refractivity contribution in [3.05, 3.63) is 82.2 Å². The predicted molar refractivity (Wildman–Crippen MR) is 128 cm³/mol. The number of anilines is 2. The van der Waals surface area contributed by atoms with Gasteiger partial charge in [-0.1, -0.05) is 30.4 Å². The highest BCUT2D eigenvalue weighted by Crippen LogP contribution is 2.24. The maximum Gasteiger partial charge on any atom is 0.261 e. The molecule has 1 aromatic heterocycles. The first-order chi connectivity index (χ1) is 15.2. The number of hydrogen-bond acceptors (Lipinski definition) is 3. The predicted octanol–water partition coefficient (Wildman–Crippen LogP) is 5.65. The fraction of sp³-hybridized carbons (Fsp3) is 0.308. The fourth-order valence-electron chi connectivity index (χ4n) is 3.99. The molecule has 2 aromatic carbocycles. The van der Waals surface area contributed by atoms with Gasteiger partial charge in [0, 0.05) is 35.0 Å². The highest BCUT2D eigenvalue weighted by molar-refractivity contribution is 6.05. The first-order valence-electron chi connectivity index (χ1n) is 11.2. The van der Waals surface area contributed by atoms with Crippen LogP contribution in [-0.2, 0) is 6.42 Å². The lowest BCUT2D eigenvalue weighted by Crippen LogP contribution is -2.22. The maximum absolute atomic E-state index is 12.8. The number of nitrogens with one attached hydrogen (secondary N) is 3. The highest BCUT2D eigenvalue weighted by atomic mass is 16.2. The quantitative estimate of drug-likeness (QED) is 0.474. The molecule has 5 nitrogen and oxygen atoms in total. The Labute approximate surface area is 182 Å². The molecule has 4 rings (SSSR count). The van der Waals surface area contributed by atoms with Crippen LogP contribution in [0.1, 0.15) is 54.4 Å². The van der Waals surface area contributed by atoms with Crippen LogP contribution in [0.2, 0.25) is 0 Å². The third-order valence-corrected chi connectivity index (χ3v) is 5.75. The van der Waals surface area contributed by atoms with E-state index in [1.54, 1.807) is 12.1 Å². The molecule has 31 heavy (non-hydrogen) atoms. The molecule has 0 radical (unpaired) electrons. The van der Waals surface area contributed by atoms with Crippen LogP contribution < -0.4 is 16.1 Å². The van der Waals surface area contributed by atoms with E-state index in [0.717, 1.165) is 49.9 Å². The Bertz CT molecular complexity index is 1150. The molecule has 0 fully saturated rings. The van der Waals surface area contributed by atoms with Crippen molar-refractivity contribution in [1.29, 1.82) is 0 Å². The number of H-pyrrole nitrogens is 1. The van der Waals surface area contributed by atoms with Crippen LogP contribution in [0.25, 0.3) is 10.9 Å². The molecule has 1 aliphatic rings. The van der Waals surface area contributed by atoms with Gasteiger partial charge in [0.1, 0.15) is 5.56 Å². The second-order valence-electron chi connectivity index (χ2n) is 8.04. The van der Waals surface area contributed by atoms with Crippen LogP contribution in [0.3, 0.4) is 0 Å². The lowest BCUT2D eigenvalue weighted by molar-refractivity contribution is 0.102. The van der Waals surface area contributed by atoms with E-state index in [-0.39, 0.29) is 11.0 Å². The Balaban J connectivity index is 1.53. The summed E-state index contributed by atoms with van der Waals surface area (Å²) < 4.78 is 0. The third kappa shape index (κ3) is 5.23. The maximum atomic E-state index is 12.8. The minimum atomic E-state index is -0.400. The highest BCUT2D eigenvalue weighted by Gasteiger charge is 2.14. The number of amides is 1. The van der Waals surface area contributed by atoms with Crippen molar-refractivity contribution in [2.24, 2.45) is 0 Å². The average molecular weight is 416 g/mol. The van der Waals surface area contributed by atoms with Crippen molar-refractivity contribution in [1.82, 2.24) is 4.98 Å². The molecule has 0 unspecified atom stereocenters. The van der Waals surface area contributed by atoms with Gasteiger partial charge in [0.05, 0.1) is 0 Å². The summed E-state index contributed by atoms with van der Waals surface area (Å²) in [6, 6.07) is 13.2. The number of rotatable bonds is 2. The van der Waals surface area contributed by atoms with Crippen LogP contribution in [-0.4, -0.2) is 17.4 Å². The third-order valence-electron chi connectivity index (χ3n) is 5.75. The van der Waals surface area contributed by atoms with Crippen LogP contribution in [0.4, 0.5) is 11.4 Å². The first-order valence-corrected chi connectivity index (χ1v) is 11.2. The molecular weight excluding hydrogens is 386 g/mol. The van der Waals surface area contributed by atoms with Gasteiger partial charge >= 0.3 is 0 Å². The van der Waals surface area contributed by atoms with E-state index in [9.17, 15) is 9.59 Å². The average Bonchev–Trinajstić information content (AvgIpc) is 2.80. The van der Waals surface area contributed by atoms with Crippen molar-refractivity contribution in [3.8, 4) is 0 Å². The molecule has 0 saturated carbocycles. The Kier molecular flexibility index (Phi) is 6.82. The van der Waals surface area contributed by atoms with Crippen LogP contribution in [0, 0.1) is 0 Å². The SMILES string of the molecule is O=C(Nc1ccc2c(c1)NCCCC/C=C\CCCC2)c1c[nH]c2ccccc2c1=O. The zero-order valence-electron chi connectivity index (χ0n) is 17.7. The number of hydrogen-bond donors (Lipinski definition) is 3. The van der Waals surface area contributed by atoms with E-state index in [4.69, 9.17) is 0 Å². The smallest absolute Gasteiger partial charge is 0.261 e. The molecular formula is C26H29N3O2. The molecule has 1 aliphatic heterocycles. The molecule has 1 amide bonds. The van der Waals surface area contributed by atoms with Gasteiger partial charge in [0.25, 0.3) is 5.91 Å². The van der Waals surface area contributed by atoms with Crippen molar-refractivity contribution in [2.75, 3.05) is 17.2 Å². The molecule has 0 aliphatic carbocycles. The van der Waals surface area contributed by atoms with Gasteiger partial charge in [-0.3, -0.25) is 9.59 Å². The number of pyridine rings is 1. The topological polar surface area (TPSA) is 74.0 Å². The summed E-state index contributed by atoms with van der Waals surface area (Å²) in [6.45, 7) is 0.905. The summed E-state index contributed by atoms with van der Waals surface area (Å²) >= 11 is 0. The van der Waals surface area contributed by atoms with Crippen LogP contribution in [0.15, 0.2) is 65.6 Å². The molecule has 0 atom stereocenters. The van der Waals surface area contributed by atoms with E-state index in [2.05, 4.69) is 33.8 Å². The number of aromatic nitrogens is 1. The normalized spacial score (nSPS) is 16.1. The molecule has 3 N–H and O–H groups in total. The van der Waals surface area contributed by atoms with Gasteiger partial charge in [-0.2, -0.15) is 0 Å². The number of fused-ring (bicyclic) bond motifs is 2. The lowest BCUT2D eigenvalue weighted by Gasteiger charge is -2.15. The molecule has 0 bridgehead atoms. The molecule has 2 heterocycles. The van der Waals surface area contributed by atoms with Gasteiger partial charge < -0.3 is 15.6 Å². The second kappa shape index (κ2) is 10.1. The Morgan fingerprint density at radius 3 is 2.61 bits per heavy atom. The lowest BCUT2D eigenvalue weighted by atomic mass is 10.0. The largest absolute Gasteiger partial charge is 0.385 e. The van der Waals surface area contributed by atoms with E-state index >= 15 is 0 Å². The number of carbonyl (C=O) groups excluding carboxylic acids is 1. The van der Waals surface area contributed by atoms with Crippen molar-refractivity contribution < 1.29 is 4.79 Å². The van der Waals surface area contributed by atoms with Gasteiger partial charge in [0.2, 0.25) is 5.43 Å². The van der Waals surface area contributed by atoms with Crippen molar-refractivity contribution in [2.45, 2.75) is 44.9 Å².